The number of anilines is 3. The van der Waals surface area contributed by atoms with Gasteiger partial charge in [-0.25, -0.2) is 9.37 Å². The van der Waals surface area contributed by atoms with Gasteiger partial charge in [-0.2, -0.15) is 5.10 Å². The molecule has 4 rings (SSSR count). The van der Waals surface area contributed by atoms with Gasteiger partial charge in [0, 0.05) is 31.4 Å². The zero-order valence-electron chi connectivity index (χ0n) is 19.1. The predicted octanol–water partition coefficient (Wildman–Crippen LogP) is 4.36. The van der Waals surface area contributed by atoms with Crippen LogP contribution >= 0.6 is 0 Å². The third-order valence-corrected chi connectivity index (χ3v) is 6.00. The molecule has 2 aromatic heterocycles. The largest absolute Gasteiger partial charge is 0.366 e. The van der Waals surface area contributed by atoms with Crippen LogP contribution in [0.1, 0.15) is 43.6 Å². The maximum absolute atomic E-state index is 13.2. The first-order chi connectivity index (χ1) is 15.2. The normalized spacial score (nSPS) is 16.7. The molecule has 1 aromatic carbocycles. The fourth-order valence-electron chi connectivity index (χ4n) is 4.22. The Labute approximate surface area is 187 Å². The van der Waals surface area contributed by atoms with Crippen molar-refractivity contribution in [3.63, 3.8) is 0 Å². The average molecular weight is 437 g/mol. The molecule has 168 valence electrons. The highest BCUT2D eigenvalue weighted by atomic mass is 19.1. The van der Waals surface area contributed by atoms with Crippen molar-refractivity contribution in [1.29, 1.82) is 0 Å². The summed E-state index contributed by atoms with van der Waals surface area (Å²) in [5.41, 5.74) is 4.50. The third kappa shape index (κ3) is 4.17. The molecule has 7 nitrogen and oxygen atoms in total. The average Bonchev–Trinajstić information content (AvgIpc) is 3.22. The highest BCUT2D eigenvalue weighted by molar-refractivity contribution is 6.04. The van der Waals surface area contributed by atoms with Crippen LogP contribution in [0, 0.1) is 18.7 Å². The zero-order valence-corrected chi connectivity index (χ0v) is 19.1. The number of pyridine rings is 1. The molecule has 0 saturated carbocycles. The molecule has 0 spiro atoms. The topological polar surface area (TPSA) is 75.1 Å². The molecule has 32 heavy (non-hydrogen) atoms. The van der Waals surface area contributed by atoms with E-state index in [1.165, 1.54) is 12.1 Å². The first-order valence-corrected chi connectivity index (χ1v) is 10.8. The Morgan fingerprint density at radius 2 is 1.94 bits per heavy atom. The van der Waals surface area contributed by atoms with Gasteiger partial charge in [-0.3, -0.25) is 9.48 Å². The van der Waals surface area contributed by atoms with E-state index in [0.29, 0.717) is 6.54 Å². The zero-order chi connectivity index (χ0) is 23.0. The highest BCUT2D eigenvalue weighted by Gasteiger charge is 2.34. The Bertz CT molecular complexity index is 1120. The van der Waals surface area contributed by atoms with Crippen LogP contribution in [0.4, 0.5) is 21.6 Å². The number of aryl methyl sites for hydroxylation is 1. The number of amides is 1. The molecule has 1 aliphatic heterocycles. The molecule has 0 fully saturated rings. The van der Waals surface area contributed by atoms with Crippen LogP contribution in [-0.4, -0.2) is 33.8 Å². The number of nitrogens with zero attached hydrogens (tertiary/aromatic N) is 4. The van der Waals surface area contributed by atoms with Crippen LogP contribution < -0.4 is 15.5 Å². The summed E-state index contributed by atoms with van der Waals surface area (Å²) in [7, 11) is 1.95. The van der Waals surface area contributed by atoms with E-state index in [1.54, 1.807) is 12.1 Å². The van der Waals surface area contributed by atoms with Gasteiger partial charge in [-0.05, 0) is 37.5 Å². The number of rotatable bonds is 6. The predicted molar refractivity (Wildman–Crippen MR) is 124 cm³/mol. The van der Waals surface area contributed by atoms with Gasteiger partial charge < -0.3 is 15.5 Å². The first kappa shape index (κ1) is 21.8. The highest BCUT2D eigenvalue weighted by Crippen LogP contribution is 2.36. The Kier molecular flexibility index (Phi) is 5.86. The van der Waals surface area contributed by atoms with Gasteiger partial charge in [-0.15, -0.1) is 0 Å². The summed E-state index contributed by atoms with van der Waals surface area (Å²) in [6.07, 6.45) is 3.80. The fourth-order valence-corrected chi connectivity index (χ4v) is 4.22. The molecule has 2 N–H and O–H groups in total. The molecular weight excluding hydrogens is 407 g/mol. The summed E-state index contributed by atoms with van der Waals surface area (Å²) in [6, 6.07) is 8.24. The lowest BCUT2D eigenvalue weighted by Gasteiger charge is -2.38. The Hall–Kier alpha value is -3.42. The summed E-state index contributed by atoms with van der Waals surface area (Å²) in [5, 5.41) is 10.9. The van der Waals surface area contributed by atoms with Crippen molar-refractivity contribution in [2.75, 3.05) is 22.6 Å². The molecule has 0 aliphatic carbocycles. The molecular formula is C24H29FN6O. The lowest BCUT2D eigenvalue weighted by atomic mass is 9.98. The number of likely N-dealkylation sites (N-methyl/N-ethyl adjacent to an activating group) is 1. The van der Waals surface area contributed by atoms with Crippen LogP contribution in [-0.2, 0) is 11.3 Å². The summed E-state index contributed by atoms with van der Waals surface area (Å²) in [5.74, 6) is 0.686. The van der Waals surface area contributed by atoms with Crippen molar-refractivity contribution in [2.45, 2.75) is 46.3 Å². The van der Waals surface area contributed by atoms with Crippen molar-refractivity contribution in [1.82, 2.24) is 14.8 Å². The van der Waals surface area contributed by atoms with Gasteiger partial charge in [0.1, 0.15) is 17.7 Å². The molecule has 0 radical (unpaired) electrons. The molecule has 1 amide bonds. The van der Waals surface area contributed by atoms with Gasteiger partial charge in [0.25, 0.3) is 0 Å². The second-order valence-electron chi connectivity index (χ2n) is 8.69. The summed E-state index contributed by atoms with van der Waals surface area (Å²) in [6.45, 7) is 8.58. The van der Waals surface area contributed by atoms with Crippen LogP contribution in [0.2, 0.25) is 0 Å². The molecule has 2 atom stereocenters. The molecule has 8 heteroatoms. The summed E-state index contributed by atoms with van der Waals surface area (Å²) < 4.78 is 15.1. The van der Waals surface area contributed by atoms with Crippen molar-refractivity contribution in [2.24, 2.45) is 5.92 Å². The van der Waals surface area contributed by atoms with E-state index in [2.05, 4.69) is 20.7 Å². The maximum Gasteiger partial charge on any atom is 0.247 e. The number of nitrogens with one attached hydrogen (secondary N) is 2. The smallest absolute Gasteiger partial charge is 0.247 e. The minimum absolute atomic E-state index is 0.00121. The van der Waals surface area contributed by atoms with E-state index >= 15 is 0 Å². The van der Waals surface area contributed by atoms with Gasteiger partial charge in [0.2, 0.25) is 5.91 Å². The van der Waals surface area contributed by atoms with Crippen molar-refractivity contribution in [3.05, 3.63) is 65.4 Å². The van der Waals surface area contributed by atoms with E-state index < -0.39 is 0 Å². The van der Waals surface area contributed by atoms with Gasteiger partial charge >= 0.3 is 0 Å². The minimum atomic E-state index is -0.246. The number of fused-ring (bicyclic) bond motifs is 1. The van der Waals surface area contributed by atoms with Crippen LogP contribution in [0.3, 0.4) is 0 Å². The van der Waals surface area contributed by atoms with Gasteiger partial charge in [0.15, 0.2) is 0 Å². The van der Waals surface area contributed by atoms with Crippen LogP contribution in [0.25, 0.3) is 0 Å². The van der Waals surface area contributed by atoms with Gasteiger partial charge in [-0.1, -0.05) is 26.0 Å². The number of benzene rings is 1. The molecule has 0 saturated heterocycles. The Balaban J connectivity index is 1.49. The maximum atomic E-state index is 13.2. The standard InChI is InChI=1S/C24H29FN6O/c1-14(2)23-24(32)29-22-15(3)28-21(10-20(22)30(23)5)26-11-17-12-27-31(13-17)16(4)18-6-8-19(25)9-7-18/h6-10,12-14,16,23H,11H2,1-5H3,(H,26,28)(H,29,32)/t16-,23?/m1/s1. The number of halogens is 1. The molecule has 1 aliphatic rings. The Morgan fingerprint density at radius 3 is 2.62 bits per heavy atom. The number of carbonyl (C=O) groups excluding carboxylic acids is 1. The van der Waals surface area contributed by atoms with E-state index in [0.717, 1.165) is 34.0 Å². The SMILES string of the molecule is Cc1nc(NCc2cnn([C@H](C)c3ccc(F)cc3)c2)cc2c1NC(=O)C(C(C)C)N2C. The van der Waals surface area contributed by atoms with E-state index in [9.17, 15) is 9.18 Å². The minimum Gasteiger partial charge on any atom is -0.366 e. The number of aromatic nitrogens is 3. The second-order valence-corrected chi connectivity index (χ2v) is 8.69. The third-order valence-electron chi connectivity index (χ3n) is 6.00. The van der Waals surface area contributed by atoms with Crippen LogP contribution in [0.15, 0.2) is 42.7 Å². The second kappa shape index (κ2) is 8.61. The molecule has 1 unspecified atom stereocenters. The lowest BCUT2D eigenvalue weighted by molar-refractivity contribution is -0.118. The number of carbonyl (C=O) groups is 1. The first-order valence-electron chi connectivity index (χ1n) is 10.8. The lowest BCUT2D eigenvalue weighted by Crippen LogP contribution is -2.49. The summed E-state index contributed by atoms with van der Waals surface area (Å²) >= 11 is 0. The van der Waals surface area contributed by atoms with Crippen molar-refractivity contribution >= 4 is 23.1 Å². The quantitative estimate of drug-likeness (QED) is 0.601. The van der Waals surface area contributed by atoms with E-state index in [-0.39, 0.29) is 29.7 Å². The van der Waals surface area contributed by atoms with E-state index in [4.69, 9.17) is 0 Å². The summed E-state index contributed by atoms with van der Waals surface area (Å²) in [4.78, 5) is 19.2. The van der Waals surface area contributed by atoms with Crippen molar-refractivity contribution < 1.29 is 9.18 Å². The molecule has 3 aromatic rings. The van der Waals surface area contributed by atoms with Crippen LogP contribution in [0.5, 0.6) is 0 Å². The fraction of sp³-hybridized carbons (Fsp3) is 0.375. The van der Waals surface area contributed by atoms with Crippen molar-refractivity contribution in [3.8, 4) is 0 Å². The monoisotopic (exact) mass is 436 g/mol. The Morgan fingerprint density at radius 1 is 1.22 bits per heavy atom. The number of hydrogen-bond acceptors (Lipinski definition) is 5. The van der Waals surface area contributed by atoms with E-state index in [1.807, 2.05) is 62.8 Å². The molecule has 3 heterocycles. The number of hydrogen-bond donors (Lipinski definition) is 2. The van der Waals surface area contributed by atoms with Gasteiger partial charge in [0.05, 0.1) is 29.3 Å². The molecule has 0 bridgehead atoms.